The lowest BCUT2D eigenvalue weighted by atomic mass is 9.87. The van der Waals surface area contributed by atoms with Crippen LogP contribution >= 0.6 is 0 Å². The molecule has 0 atom stereocenters. The van der Waals surface area contributed by atoms with Gasteiger partial charge in [0.1, 0.15) is 0 Å². The van der Waals surface area contributed by atoms with Gasteiger partial charge in [0.25, 0.3) is 5.91 Å². The predicted molar refractivity (Wildman–Crippen MR) is 121 cm³/mol. The summed E-state index contributed by atoms with van der Waals surface area (Å²) in [5.74, 6) is -0.627. The first kappa shape index (κ1) is 21.8. The summed E-state index contributed by atoms with van der Waals surface area (Å²) in [5.41, 5.74) is 3.72. The molecule has 0 bridgehead atoms. The number of methoxy groups -OCH3 is 1. The van der Waals surface area contributed by atoms with Crippen LogP contribution in [0.3, 0.4) is 0 Å². The quantitative estimate of drug-likeness (QED) is 0.779. The van der Waals surface area contributed by atoms with E-state index < -0.39 is 5.97 Å². The van der Waals surface area contributed by atoms with Crippen molar-refractivity contribution in [2.75, 3.05) is 50.6 Å². The highest BCUT2D eigenvalue weighted by Gasteiger charge is 2.21. The molecule has 1 amide bonds. The van der Waals surface area contributed by atoms with Gasteiger partial charge in [-0.25, -0.2) is 4.79 Å². The normalized spacial score (nSPS) is 15.0. The van der Waals surface area contributed by atoms with Crippen molar-refractivity contribution >= 4 is 23.3 Å². The molecule has 0 unspecified atom stereocenters. The van der Waals surface area contributed by atoms with E-state index in [1.807, 2.05) is 30.3 Å². The van der Waals surface area contributed by atoms with E-state index in [0.29, 0.717) is 16.8 Å². The summed E-state index contributed by atoms with van der Waals surface area (Å²) in [5, 5.41) is 3.01. The molecule has 0 spiro atoms. The lowest BCUT2D eigenvalue weighted by molar-refractivity contribution is 0.0600. The number of hydrogen-bond donors (Lipinski definition) is 1. The molecule has 1 N–H and O–H groups in total. The van der Waals surface area contributed by atoms with Crippen molar-refractivity contribution < 1.29 is 14.3 Å². The Morgan fingerprint density at radius 1 is 0.933 bits per heavy atom. The number of likely N-dealkylation sites (N-methyl/N-ethyl adjacent to an activating group) is 1. The van der Waals surface area contributed by atoms with Crippen molar-refractivity contribution in [3.05, 3.63) is 59.2 Å². The third-order valence-corrected chi connectivity index (χ3v) is 5.52. The van der Waals surface area contributed by atoms with Crippen LogP contribution in [0.5, 0.6) is 0 Å². The number of anilines is 2. The molecule has 160 valence electrons. The summed E-state index contributed by atoms with van der Waals surface area (Å²) in [6.45, 7) is 10.0. The highest BCUT2D eigenvalue weighted by molar-refractivity contribution is 6.06. The van der Waals surface area contributed by atoms with Gasteiger partial charge in [0.15, 0.2) is 0 Å². The Balaban J connectivity index is 1.88. The number of nitrogens with one attached hydrogen (secondary N) is 1. The van der Waals surface area contributed by atoms with Crippen molar-refractivity contribution in [2.24, 2.45) is 0 Å². The SMILES string of the molecule is COC(=O)c1ccc(N2CCN(C)CC2)c(NC(=O)c2ccc(C(C)(C)C)cc2)c1. The molecule has 1 saturated heterocycles. The molecule has 30 heavy (non-hydrogen) atoms. The molecule has 1 aliphatic heterocycles. The number of benzene rings is 2. The van der Waals surface area contributed by atoms with E-state index in [1.54, 1.807) is 12.1 Å². The number of carbonyl (C=O) groups is 2. The summed E-state index contributed by atoms with van der Waals surface area (Å²) in [6, 6.07) is 13.0. The average molecular weight is 410 g/mol. The maximum Gasteiger partial charge on any atom is 0.337 e. The zero-order valence-electron chi connectivity index (χ0n) is 18.5. The van der Waals surface area contributed by atoms with Gasteiger partial charge in [0, 0.05) is 31.7 Å². The minimum atomic E-state index is -0.426. The van der Waals surface area contributed by atoms with E-state index >= 15 is 0 Å². The van der Waals surface area contributed by atoms with Crippen molar-refractivity contribution in [3.63, 3.8) is 0 Å². The maximum atomic E-state index is 13.0. The van der Waals surface area contributed by atoms with Gasteiger partial charge in [-0.1, -0.05) is 32.9 Å². The minimum absolute atomic E-state index is 0.0262. The zero-order valence-corrected chi connectivity index (χ0v) is 18.5. The molecule has 0 aromatic heterocycles. The summed E-state index contributed by atoms with van der Waals surface area (Å²) in [6.07, 6.45) is 0. The summed E-state index contributed by atoms with van der Waals surface area (Å²) in [4.78, 5) is 29.5. The molecule has 1 aliphatic rings. The monoisotopic (exact) mass is 409 g/mol. The Hall–Kier alpha value is -2.86. The number of carbonyl (C=O) groups excluding carboxylic acids is 2. The number of esters is 1. The van der Waals surface area contributed by atoms with Gasteiger partial charge in [0.05, 0.1) is 24.0 Å². The summed E-state index contributed by atoms with van der Waals surface area (Å²) in [7, 11) is 3.45. The first-order valence-corrected chi connectivity index (χ1v) is 10.3. The molecule has 6 nitrogen and oxygen atoms in total. The van der Waals surface area contributed by atoms with Crippen LogP contribution in [-0.4, -0.2) is 57.1 Å². The van der Waals surface area contributed by atoms with Crippen LogP contribution in [0.4, 0.5) is 11.4 Å². The van der Waals surface area contributed by atoms with Gasteiger partial charge >= 0.3 is 5.97 Å². The molecule has 0 radical (unpaired) electrons. The number of nitrogens with zero attached hydrogens (tertiary/aromatic N) is 2. The second kappa shape index (κ2) is 8.88. The fraction of sp³-hybridized carbons (Fsp3) is 0.417. The highest BCUT2D eigenvalue weighted by atomic mass is 16.5. The van der Waals surface area contributed by atoms with Crippen LogP contribution in [0.15, 0.2) is 42.5 Å². The van der Waals surface area contributed by atoms with Gasteiger partial charge in [-0.05, 0) is 48.4 Å². The van der Waals surface area contributed by atoms with E-state index in [0.717, 1.165) is 31.9 Å². The fourth-order valence-corrected chi connectivity index (χ4v) is 3.52. The third kappa shape index (κ3) is 5.00. The molecular weight excluding hydrogens is 378 g/mol. The average Bonchev–Trinajstić information content (AvgIpc) is 2.73. The van der Waals surface area contributed by atoms with E-state index in [2.05, 4.69) is 42.9 Å². The molecule has 6 heteroatoms. The fourth-order valence-electron chi connectivity index (χ4n) is 3.52. The van der Waals surface area contributed by atoms with Crippen LogP contribution in [0.2, 0.25) is 0 Å². The van der Waals surface area contributed by atoms with Crippen LogP contribution in [-0.2, 0) is 10.2 Å². The molecule has 2 aromatic carbocycles. The Bertz CT molecular complexity index is 908. The predicted octanol–water partition coefficient (Wildman–Crippen LogP) is 3.77. The van der Waals surface area contributed by atoms with Crippen molar-refractivity contribution in [3.8, 4) is 0 Å². The number of amides is 1. The Labute approximate surface area is 178 Å². The van der Waals surface area contributed by atoms with Crippen LogP contribution < -0.4 is 10.2 Å². The molecule has 1 heterocycles. The van der Waals surface area contributed by atoms with E-state index in [-0.39, 0.29) is 11.3 Å². The number of hydrogen-bond acceptors (Lipinski definition) is 5. The lowest BCUT2D eigenvalue weighted by Crippen LogP contribution is -2.44. The van der Waals surface area contributed by atoms with Crippen molar-refractivity contribution in [2.45, 2.75) is 26.2 Å². The zero-order chi connectivity index (χ0) is 21.9. The van der Waals surface area contributed by atoms with E-state index in [4.69, 9.17) is 4.74 Å². The smallest absolute Gasteiger partial charge is 0.337 e. The van der Waals surface area contributed by atoms with Gasteiger partial charge in [-0.15, -0.1) is 0 Å². The lowest BCUT2D eigenvalue weighted by Gasteiger charge is -2.35. The van der Waals surface area contributed by atoms with Gasteiger partial charge in [-0.2, -0.15) is 0 Å². The Morgan fingerprint density at radius 2 is 1.53 bits per heavy atom. The second-order valence-corrected chi connectivity index (χ2v) is 8.80. The molecule has 0 aliphatic carbocycles. The third-order valence-electron chi connectivity index (χ3n) is 5.52. The van der Waals surface area contributed by atoms with Crippen LogP contribution in [0.1, 0.15) is 47.1 Å². The molecule has 0 saturated carbocycles. The summed E-state index contributed by atoms with van der Waals surface area (Å²) < 4.78 is 4.85. The minimum Gasteiger partial charge on any atom is -0.465 e. The van der Waals surface area contributed by atoms with E-state index in [9.17, 15) is 9.59 Å². The van der Waals surface area contributed by atoms with Crippen LogP contribution in [0, 0.1) is 0 Å². The Kier molecular flexibility index (Phi) is 6.46. The molecular formula is C24H31N3O3. The second-order valence-electron chi connectivity index (χ2n) is 8.80. The molecule has 2 aromatic rings. The van der Waals surface area contributed by atoms with Gasteiger partial charge in [-0.3, -0.25) is 4.79 Å². The van der Waals surface area contributed by atoms with Gasteiger partial charge in [0.2, 0.25) is 0 Å². The topological polar surface area (TPSA) is 61.9 Å². The van der Waals surface area contributed by atoms with Crippen molar-refractivity contribution in [1.29, 1.82) is 0 Å². The maximum absolute atomic E-state index is 13.0. The van der Waals surface area contributed by atoms with Gasteiger partial charge < -0.3 is 19.9 Å². The number of rotatable bonds is 4. The largest absolute Gasteiger partial charge is 0.465 e. The first-order valence-electron chi connectivity index (χ1n) is 10.3. The highest BCUT2D eigenvalue weighted by Crippen LogP contribution is 2.29. The number of ether oxygens (including phenoxy) is 1. The first-order chi connectivity index (χ1) is 14.2. The van der Waals surface area contributed by atoms with Crippen LogP contribution in [0.25, 0.3) is 0 Å². The summed E-state index contributed by atoms with van der Waals surface area (Å²) >= 11 is 0. The standard InChI is InChI=1S/C24H31N3O3/c1-24(2,3)19-9-6-17(7-10-19)22(28)25-20-16-18(23(29)30-5)8-11-21(20)27-14-12-26(4)13-15-27/h6-11,16H,12-15H2,1-5H3,(H,25,28). The van der Waals surface area contributed by atoms with Crippen molar-refractivity contribution in [1.82, 2.24) is 4.90 Å². The Morgan fingerprint density at radius 3 is 2.10 bits per heavy atom. The molecule has 3 rings (SSSR count). The number of piperazine rings is 1. The molecule has 1 fully saturated rings. The van der Waals surface area contributed by atoms with E-state index in [1.165, 1.54) is 12.7 Å².